The molecule has 1 atom stereocenters. The number of rotatable bonds is 6. The summed E-state index contributed by atoms with van der Waals surface area (Å²) in [5.41, 5.74) is 1.22. The van der Waals surface area contributed by atoms with Gasteiger partial charge in [-0.05, 0) is 43.9 Å². The molecule has 0 radical (unpaired) electrons. The van der Waals surface area contributed by atoms with Crippen LogP contribution in [0.2, 0.25) is 0 Å². The topological polar surface area (TPSA) is 60.9 Å². The summed E-state index contributed by atoms with van der Waals surface area (Å²) in [5.74, 6) is -0.384. The van der Waals surface area contributed by atoms with Gasteiger partial charge >= 0.3 is 0 Å². The van der Waals surface area contributed by atoms with E-state index in [1.165, 1.54) is 11.0 Å². The fraction of sp³-hybridized carbons (Fsp3) is 0.550. The van der Waals surface area contributed by atoms with E-state index in [1.54, 1.807) is 30.9 Å². The first kappa shape index (κ1) is 19.3. The van der Waals surface area contributed by atoms with Gasteiger partial charge in [-0.1, -0.05) is 12.1 Å². The van der Waals surface area contributed by atoms with Crippen molar-refractivity contribution in [3.63, 3.8) is 0 Å². The highest BCUT2D eigenvalue weighted by molar-refractivity contribution is 5.94. The van der Waals surface area contributed by atoms with Gasteiger partial charge in [-0.15, -0.1) is 0 Å². The van der Waals surface area contributed by atoms with Crippen molar-refractivity contribution in [2.75, 3.05) is 26.2 Å². The molecule has 1 aromatic carbocycles. The van der Waals surface area contributed by atoms with Gasteiger partial charge in [0.2, 0.25) is 17.7 Å². The zero-order chi connectivity index (χ0) is 19.6. The Hall–Kier alpha value is -2.44. The third-order valence-electron chi connectivity index (χ3n) is 5.40. The van der Waals surface area contributed by atoms with Crippen molar-refractivity contribution in [3.05, 3.63) is 35.1 Å². The molecule has 0 saturated carbocycles. The number of carbonyl (C=O) groups is 3. The van der Waals surface area contributed by atoms with Gasteiger partial charge in [0.05, 0.1) is 6.54 Å². The molecule has 2 saturated heterocycles. The second-order valence-corrected chi connectivity index (χ2v) is 7.38. The summed E-state index contributed by atoms with van der Waals surface area (Å²) >= 11 is 0. The highest BCUT2D eigenvalue weighted by atomic mass is 19.1. The second kappa shape index (κ2) is 8.06. The van der Waals surface area contributed by atoms with Crippen LogP contribution >= 0.6 is 0 Å². The van der Waals surface area contributed by atoms with Crippen LogP contribution < -0.4 is 0 Å². The number of amides is 3. The van der Waals surface area contributed by atoms with Crippen molar-refractivity contribution in [1.29, 1.82) is 0 Å². The lowest BCUT2D eigenvalue weighted by Crippen LogP contribution is -2.58. The van der Waals surface area contributed by atoms with E-state index in [0.717, 1.165) is 13.0 Å². The van der Waals surface area contributed by atoms with Crippen LogP contribution in [0.5, 0.6) is 0 Å². The van der Waals surface area contributed by atoms with E-state index in [9.17, 15) is 18.8 Å². The van der Waals surface area contributed by atoms with E-state index in [2.05, 4.69) is 0 Å². The summed E-state index contributed by atoms with van der Waals surface area (Å²) in [6.07, 6.45) is 2.17. The molecule has 0 spiro atoms. The van der Waals surface area contributed by atoms with Gasteiger partial charge in [0.1, 0.15) is 11.9 Å². The highest BCUT2D eigenvalue weighted by Gasteiger charge is 2.36. The van der Waals surface area contributed by atoms with Gasteiger partial charge in [0.25, 0.3) is 0 Å². The molecule has 0 aliphatic carbocycles. The van der Waals surface area contributed by atoms with Gasteiger partial charge in [-0.25, -0.2) is 4.39 Å². The predicted molar refractivity (Wildman–Crippen MR) is 98.2 cm³/mol. The summed E-state index contributed by atoms with van der Waals surface area (Å²) < 4.78 is 13.8. The molecule has 3 amide bonds. The van der Waals surface area contributed by atoms with Crippen LogP contribution in [0, 0.1) is 12.7 Å². The van der Waals surface area contributed by atoms with Crippen molar-refractivity contribution in [2.45, 2.75) is 45.7 Å². The van der Waals surface area contributed by atoms with Crippen LogP contribution in [0.1, 0.15) is 37.3 Å². The number of aryl methyl sites for hydroxylation is 1. The molecule has 2 heterocycles. The fourth-order valence-corrected chi connectivity index (χ4v) is 3.68. The lowest BCUT2D eigenvalue weighted by molar-refractivity contribution is -0.155. The molecule has 0 aromatic heterocycles. The maximum Gasteiger partial charge on any atom is 0.245 e. The highest BCUT2D eigenvalue weighted by Crippen LogP contribution is 2.18. The van der Waals surface area contributed by atoms with Crippen molar-refractivity contribution in [1.82, 2.24) is 14.7 Å². The van der Waals surface area contributed by atoms with Gasteiger partial charge < -0.3 is 14.7 Å². The standard InChI is InChI=1S/C20H26FN3O3/c1-14-6-7-16(11-17(14)21)12-24-15(2)20(27)23(13-19(24)26)10-4-9-22-8-3-5-18(22)25/h6-7,11,15H,3-5,8-10,12-13H2,1-2H3/t15-/m0/s1. The lowest BCUT2D eigenvalue weighted by Gasteiger charge is -2.39. The minimum absolute atomic E-state index is 0.0332. The third kappa shape index (κ3) is 4.28. The minimum atomic E-state index is -0.580. The number of carbonyl (C=O) groups excluding carboxylic acids is 3. The number of hydrogen-bond acceptors (Lipinski definition) is 3. The Morgan fingerprint density at radius 3 is 2.52 bits per heavy atom. The Balaban J connectivity index is 1.56. The number of hydrogen-bond donors (Lipinski definition) is 0. The van der Waals surface area contributed by atoms with E-state index in [4.69, 9.17) is 0 Å². The first-order valence-corrected chi connectivity index (χ1v) is 9.48. The molecule has 0 N–H and O–H groups in total. The van der Waals surface area contributed by atoms with Gasteiger partial charge in [-0.2, -0.15) is 0 Å². The van der Waals surface area contributed by atoms with Crippen LogP contribution in [0.3, 0.4) is 0 Å². The molecular formula is C20H26FN3O3. The van der Waals surface area contributed by atoms with E-state index >= 15 is 0 Å². The summed E-state index contributed by atoms with van der Waals surface area (Å²) in [5, 5.41) is 0. The number of likely N-dealkylation sites (tertiary alicyclic amines) is 1. The Kier molecular flexibility index (Phi) is 5.77. The normalized spacial score (nSPS) is 20.8. The van der Waals surface area contributed by atoms with Crippen LogP contribution in [0.4, 0.5) is 4.39 Å². The maximum absolute atomic E-state index is 13.8. The molecule has 2 aliphatic heterocycles. The van der Waals surface area contributed by atoms with Gasteiger partial charge in [0.15, 0.2) is 0 Å². The second-order valence-electron chi connectivity index (χ2n) is 7.38. The van der Waals surface area contributed by atoms with Crippen LogP contribution in [-0.2, 0) is 20.9 Å². The molecule has 27 heavy (non-hydrogen) atoms. The smallest absolute Gasteiger partial charge is 0.245 e. The molecule has 6 nitrogen and oxygen atoms in total. The zero-order valence-corrected chi connectivity index (χ0v) is 15.9. The van der Waals surface area contributed by atoms with Crippen molar-refractivity contribution in [2.24, 2.45) is 0 Å². The molecule has 0 bridgehead atoms. The van der Waals surface area contributed by atoms with Crippen LogP contribution in [0.25, 0.3) is 0 Å². The van der Waals surface area contributed by atoms with E-state index in [-0.39, 0.29) is 36.6 Å². The zero-order valence-electron chi connectivity index (χ0n) is 15.9. The van der Waals surface area contributed by atoms with Crippen LogP contribution in [0.15, 0.2) is 18.2 Å². The Morgan fingerprint density at radius 1 is 1.11 bits per heavy atom. The lowest BCUT2D eigenvalue weighted by atomic mass is 10.1. The average molecular weight is 375 g/mol. The molecular weight excluding hydrogens is 349 g/mol. The third-order valence-corrected chi connectivity index (χ3v) is 5.40. The van der Waals surface area contributed by atoms with E-state index in [0.29, 0.717) is 37.1 Å². The number of halogens is 1. The quantitative estimate of drug-likeness (QED) is 0.760. The molecule has 3 rings (SSSR count). The van der Waals surface area contributed by atoms with Crippen molar-refractivity contribution in [3.8, 4) is 0 Å². The molecule has 146 valence electrons. The predicted octanol–water partition coefficient (Wildman–Crippen LogP) is 1.71. The number of nitrogens with zero attached hydrogens (tertiary/aromatic N) is 3. The fourth-order valence-electron chi connectivity index (χ4n) is 3.68. The summed E-state index contributed by atoms with van der Waals surface area (Å²) in [6, 6.07) is 4.29. The minimum Gasteiger partial charge on any atom is -0.343 e. The first-order valence-electron chi connectivity index (χ1n) is 9.48. The average Bonchev–Trinajstić information content (AvgIpc) is 3.04. The molecule has 7 heteroatoms. The Bertz CT molecular complexity index is 752. The molecule has 0 unspecified atom stereocenters. The first-order chi connectivity index (χ1) is 12.9. The van der Waals surface area contributed by atoms with E-state index < -0.39 is 6.04 Å². The summed E-state index contributed by atoms with van der Waals surface area (Å²) in [7, 11) is 0. The SMILES string of the molecule is Cc1ccc(CN2C(=O)CN(CCCN3CCCC3=O)C(=O)[C@@H]2C)cc1F. The van der Waals surface area contributed by atoms with Crippen molar-refractivity contribution < 1.29 is 18.8 Å². The summed E-state index contributed by atoms with van der Waals surface area (Å²) in [6.45, 7) is 5.52. The van der Waals surface area contributed by atoms with Gasteiger partial charge in [0, 0.05) is 32.6 Å². The van der Waals surface area contributed by atoms with Crippen LogP contribution in [-0.4, -0.2) is 64.6 Å². The monoisotopic (exact) mass is 375 g/mol. The molecule has 2 fully saturated rings. The maximum atomic E-state index is 13.8. The number of piperazine rings is 1. The number of benzene rings is 1. The summed E-state index contributed by atoms with van der Waals surface area (Å²) in [4.78, 5) is 41.8. The Labute approximate surface area is 158 Å². The van der Waals surface area contributed by atoms with Gasteiger partial charge in [-0.3, -0.25) is 14.4 Å². The van der Waals surface area contributed by atoms with E-state index in [1.807, 2.05) is 4.90 Å². The molecule has 2 aliphatic rings. The Morgan fingerprint density at radius 2 is 1.85 bits per heavy atom. The molecule has 1 aromatic rings. The largest absolute Gasteiger partial charge is 0.343 e. The van der Waals surface area contributed by atoms with Crippen molar-refractivity contribution >= 4 is 17.7 Å².